The SMILES string of the molecule is COC(=O)/C=C/c1ccc(CN2CCCC2)cc1.Cc1nn(C)c(C)c1C. The molecule has 0 spiro atoms. The van der Waals surface area contributed by atoms with Gasteiger partial charge < -0.3 is 4.74 Å². The lowest BCUT2D eigenvalue weighted by Gasteiger charge is -2.14. The Labute approximate surface area is 162 Å². The van der Waals surface area contributed by atoms with Crippen molar-refractivity contribution in [1.29, 1.82) is 0 Å². The second-order valence-corrected chi connectivity index (χ2v) is 7.00. The highest BCUT2D eigenvalue weighted by Crippen LogP contribution is 2.14. The average Bonchev–Trinajstić information content (AvgIpc) is 3.26. The van der Waals surface area contributed by atoms with Crippen LogP contribution in [0.25, 0.3) is 6.08 Å². The van der Waals surface area contributed by atoms with Crippen LogP contribution in [0.4, 0.5) is 0 Å². The third-order valence-corrected chi connectivity index (χ3v) is 5.07. The molecule has 0 amide bonds. The van der Waals surface area contributed by atoms with Crippen molar-refractivity contribution in [3.8, 4) is 0 Å². The lowest BCUT2D eigenvalue weighted by molar-refractivity contribution is -0.134. The molecule has 0 saturated carbocycles. The maximum atomic E-state index is 11.0. The number of nitrogens with zero attached hydrogens (tertiary/aromatic N) is 3. The number of methoxy groups -OCH3 is 1. The third kappa shape index (κ3) is 6.36. The molecule has 1 saturated heterocycles. The summed E-state index contributed by atoms with van der Waals surface area (Å²) in [6.07, 6.45) is 5.85. The summed E-state index contributed by atoms with van der Waals surface area (Å²) in [6.45, 7) is 9.66. The van der Waals surface area contributed by atoms with Gasteiger partial charge in [0, 0.05) is 25.4 Å². The van der Waals surface area contributed by atoms with E-state index in [9.17, 15) is 4.79 Å². The molecule has 2 heterocycles. The van der Waals surface area contributed by atoms with Crippen molar-refractivity contribution in [3.05, 3.63) is 58.4 Å². The van der Waals surface area contributed by atoms with Crippen molar-refractivity contribution in [2.24, 2.45) is 7.05 Å². The molecule has 1 aromatic heterocycles. The first-order valence-corrected chi connectivity index (χ1v) is 9.45. The van der Waals surface area contributed by atoms with Gasteiger partial charge in [0.25, 0.3) is 0 Å². The summed E-state index contributed by atoms with van der Waals surface area (Å²) in [5.41, 5.74) is 6.04. The summed E-state index contributed by atoms with van der Waals surface area (Å²) in [5, 5.41) is 4.23. The number of rotatable bonds is 4. The smallest absolute Gasteiger partial charge is 0.330 e. The van der Waals surface area contributed by atoms with Gasteiger partial charge in [0.05, 0.1) is 12.8 Å². The standard InChI is InChI=1S/C15H19NO2.C7H12N2/c1-18-15(17)9-8-13-4-6-14(7-5-13)12-16-10-2-3-11-16;1-5-6(2)8-9(4)7(5)3/h4-9H,2-3,10-12H2,1H3;1-4H3/b9-8+;. The Morgan fingerprint density at radius 2 is 1.78 bits per heavy atom. The molecule has 5 nitrogen and oxygen atoms in total. The van der Waals surface area contributed by atoms with E-state index in [2.05, 4.69) is 40.7 Å². The molecular weight excluding hydrogens is 338 g/mol. The van der Waals surface area contributed by atoms with Crippen LogP contribution in [0.3, 0.4) is 0 Å². The number of hydrogen-bond donors (Lipinski definition) is 0. The van der Waals surface area contributed by atoms with Crippen LogP contribution in [-0.2, 0) is 23.1 Å². The fraction of sp³-hybridized carbons (Fsp3) is 0.455. The number of carbonyl (C=O) groups is 1. The summed E-state index contributed by atoms with van der Waals surface area (Å²) in [6, 6.07) is 8.31. The minimum absolute atomic E-state index is 0.323. The van der Waals surface area contributed by atoms with E-state index in [4.69, 9.17) is 0 Å². The van der Waals surface area contributed by atoms with Gasteiger partial charge in [-0.15, -0.1) is 0 Å². The molecule has 1 aromatic carbocycles. The van der Waals surface area contributed by atoms with Crippen molar-refractivity contribution < 1.29 is 9.53 Å². The van der Waals surface area contributed by atoms with Gasteiger partial charge in [-0.05, 0) is 69.5 Å². The lowest BCUT2D eigenvalue weighted by Crippen LogP contribution is -2.18. The van der Waals surface area contributed by atoms with Gasteiger partial charge in [0.15, 0.2) is 0 Å². The Hall–Kier alpha value is -2.40. The number of esters is 1. The highest BCUT2D eigenvalue weighted by atomic mass is 16.5. The van der Waals surface area contributed by atoms with Crippen LogP contribution in [0.15, 0.2) is 30.3 Å². The van der Waals surface area contributed by atoms with Crippen LogP contribution in [-0.4, -0.2) is 40.8 Å². The number of aromatic nitrogens is 2. The number of carbonyl (C=O) groups excluding carboxylic acids is 1. The van der Waals surface area contributed by atoms with Crippen molar-refractivity contribution in [2.75, 3.05) is 20.2 Å². The minimum atomic E-state index is -0.323. The topological polar surface area (TPSA) is 47.4 Å². The van der Waals surface area contributed by atoms with Crippen molar-refractivity contribution in [2.45, 2.75) is 40.2 Å². The van der Waals surface area contributed by atoms with Crippen molar-refractivity contribution >= 4 is 12.0 Å². The van der Waals surface area contributed by atoms with Gasteiger partial charge in [-0.25, -0.2) is 4.79 Å². The quantitative estimate of drug-likeness (QED) is 0.607. The van der Waals surface area contributed by atoms with E-state index >= 15 is 0 Å². The summed E-state index contributed by atoms with van der Waals surface area (Å²) < 4.78 is 6.46. The van der Waals surface area contributed by atoms with Crippen LogP contribution in [0.5, 0.6) is 0 Å². The molecule has 0 N–H and O–H groups in total. The molecule has 0 atom stereocenters. The maximum absolute atomic E-state index is 11.0. The summed E-state index contributed by atoms with van der Waals surface area (Å²) in [7, 11) is 3.35. The number of ether oxygens (including phenoxy) is 1. The van der Waals surface area contributed by atoms with E-state index in [0.29, 0.717) is 0 Å². The molecule has 146 valence electrons. The van der Waals surface area contributed by atoms with E-state index in [1.807, 2.05) is 30.8 Å². The van der Waals surface area contributed by atoms with Gasteiger partial charge >= 0.3 is 5.97 Å². The van der Waals surface area contributed by atoms with Crippen LogP contribution in [0, 0.1) is 20.8 Å². The number of likely N-dealkylation sites (tertiary alicyclic amines) is 1. The maximum Gasteiger partial charge on any atom is 0.330 e. The second-order valence-electron chi connectivity index (χ2n) is 7.00. The highest BCUT2D eigenvalue weighted by molar-refractivity contribution is 5.86. The summed E-state index contributed by atoms with van der Waals surface area (Å²) in [4.78, 5) is 13.4. The van der Waals surface area contributed by atoms with Crippen LogP contribution < -0.4 is 0 Å². The van der Waals surface area contributed by atoms with E-state index in [1.165, 1.54) is 55.9 Å². The Kier molecular flexibility index (Phi) is 7.80. The largest absolute Gasteiger partial charge is 0.466 e. The van der Waals surface area contributed by atoms with E-state index < -0.39 is 0 Å². The Balaban J connectivity index is 0.000000244. The summed E-state index contributed by atoms with van der Waals surface area (Å²) in [5.74, 6) is -0.323. The number of benzene rings is 1. The molecule has 5 heteroatoms. The molecule has 1 aliphatic rings. The zero-order valence-electron chi connectivity index (χ0n) is 17.2. The average molecular weight is 370 g/mol. The van der Waals surface area contributed by atoms with Crippen LogP contribution in [0.1, 0.15) is 40.9 Å². The van der Waals surface area contributed by atoms with E-state index in [-0.39, 0.29) is 5.97 Å². The van der Waals surface area contributed by atoms with Crippen molar-refractivity contribution in [1.82, 2.24) is 14.7 Å². The Morgan fingerprint density at radius 3 is 2.22 bits per heavy atom. The highest BCUT2D eigenvalue weighted by Gasteiger charge is 2.11. The zero-order valence-corrected chi connectivity index (χ0v) is 17.2. The number of aryl methyl sites for hydroxylation is 2. The molecular formula is C22H31N3O2. The first-order chi connectivity index (χ1) is 12.9. The van der Waals surface area contributed by atoms with Gasteiger partial charge in [-0.2, -0.15) is 5.10 Å². The molecule has 0 bridgehead atoms. The molecule has 0 aliphatic carbocycles. The molecule has 27 heavy (non-hydrogen) atoms. The minimum Gasteiger partial charge on any atom is -0.466 e. The summed E-state index contributed by atoms with van der Waals surface area (Å²) >= 11 is 0. The Bertz CT molecular complexity index is 747. The van der Waals surface area contributed by atoms with E-state index in [0.717, 1.165) is 17.8 Å². The number of hydrogen-bond acceptors (Lipinski definition) is 4. The van der Waals surface area contributed by atoms with Gasteiger partial charge in [-0.1, -0.05) is 24.3 Å². The molecule has 2 aromatic rings. The first kappa shape index (κ1) is 20.9. The molecule has 0 unspecified atom stereocenters. The van der Waals surface area contributed by atoms with Gasteiger partial charge in [0.1, 0.15) is 0 Å². The van der Waals surface area contributed by atoms with E-state index in [1.54, 1.807) is 6.08 Å². The van der Waals surface area contributed by atoms with Crippen LogP contribution >= 0.6 is 0 Å². The zero-order chi connectivity index (χ0) is 19.8. The van der Waals surface area contributed by atoms with Gasteiger partial charge in [-0.3, -0.25) is 9.58 Å². The predicted octanol–water partition coefficient (Wildman–Crippen LogP) is 3.81. The fourth-order valence-electron chi connectivity index (χ4n) is 3.04. The molecule has 1 fully saturated rings. The predicted molar refractivity (Wildman–Crippen MR) is 109 cm³/mol. The normalized spacial score (nSPS) is 14.3. The fourth-order valence-corrected chi connectivity index (χ4v) is 3.04. The third-order valence-electron chi connectivity index (χ3n) is 5.07. The molecule has 0 radical (unpaired) electrons. The lowest BCUT2D eigenvalue weighted by atomic mass is 10.1. The van der Waals surface area contributed by atoms with Crippen LogP contribution in [0.2, 0.25) is 0 Å². The second kappa shape index (κ2) is 10.1. The monoisotopic (exact) mass is 369 g/mol. The van der Waals surface area contributed by atoms with Gasteiger partial charge in [0.2, 0.25) is 0 Å². The Morgan fingerprint density at radius 1 is 1.15 bits per heavy atom. The van der Waals surface area contributed by atoms with Crippen molar-refractivity contribution in [3.63, 3.8) is 0 Å². The molecule has 3 rings (SSSR count). The molecule has 1 aliphatic heterocycles. The first-order valence-electron chi connectivity index (χ1n) is 9.45.